The Labute approximate surface area is 168 Å². The maximum absolute atomic E-state index is 12.8. The number of hydrogen-bond acceptors (Lipinski definition) is 5. The Morgan fingerprint density at radius 1 is 1.10 bits per heavy atom. The van der Waals surface area contributed by atoms with Crippen LogP contribution in [-0.2, 0) is 10.2 Å². The van der Waals surface area contributed by atoms with Crippen LogP contribution >= 0.6 is 0 Å². The van der Waals surface area contributed by atoms with E-state index in [1.54, 1.807) is 24.3 Å². The minimum atomic E-state index is -0.680. The lowest BCUT2D eigenvalue weighted by atomic mass is 9.74. The van der Waals surface area contributed by atoms with Crippen molar-refractivity contribution in [2.75, 3.05) is 26.9 Å². The van der Waals surface area contributed by atoms with Crippen LogP contribution in [0.5, 0.6) is 5.75 Å². The van der Waals surface area contributed by atoms with Crippen LogP contribution in [0.1, 0.15) is 28.8 Å². The van der Waals surface area contributed by atoms with Crippen LogP contribution in [0.2, 0.25) is 0 Å². The Morgan fingerprint density at radius 3 is 2.59 bits per heavy atom. The molecule has 2 aromatic carbocycles. The van der Waals surface area contributed by atoms with Crippen LogP contribution in [-0.4, -0.2) is 32.8 Å². The number of para-hydroxylation sites is 1. The fraction of sp³-hybridized carbons (Fsp3) is 0.304. The van der Waals surface area contributed by atoms with Crippen molar-refractivity contribution >= 4 is 16.9 Å². The van der Waals surface area contributed by atoms with Crippen LogP contribution in [0.3, 0.4) is 0 Å². The van der Waals surface area contributed by atoms with Gasteiger partial charge in [0.15, 0.2) is 11.3 Å². The Balaban J connectivity index is 1.60. The molecule has 2 heterocycles. The van der Waals surface area contributed by atoms with Crippen molar-refractivity contribution in [3.05, 3.63) is 76.1 Å². The number of fused-ring (bicyclic) bond motifs is 1. The molecule has 150 valence electrons. The summed E-state index contributed by atoms with van der Waals surface area (Å²) in [6, 6.07) is 17.0. The molecule has 0 saturated carbocycles. The van der Waals surface area contributed by atoms with E-state index in [0.29, 0.717) is 36.5 Å². The lowest BCUT2D eigenvalue weighted by Gasteiger charge is -2.38. The van der Waals surface area contributed by atoms with Gasteiger partial charge in [-0.2, -0.15) is 0 Å². The minimum Gasteiger partial charge on any atom is -0.493 e. The first kappa shape index (κ1) is 19.2. The number of nitrogens with one attached hydrogen (secondary N) is 1. The molecule has 6 nitrogen and oxygen atoms in total. The van der Waals surface area contributed by atoms with Crippen LogP contribution in [0.4, 0.5) is 0 Å². The van der Waals surface area contributed by atoms with Gasteiger partial charge in [0.25, 0.3) is 5.91 Å². The number of carbonyl (C=O) groups is 1. The molecule has 1 aliphatic heterocycles. The number of methoxy groups -OCH3 is 1. The zero-order chi connectivity index (χ0) is 20.3. The van der Waals surface area contributed by atoms with E-state index >= 15 is 0 Å². The van der Waals surface area contributed by atoms with Crippen molar-refractivity contribution in [2.24, 2.45) is 0 Å². The Kier molecular flexibility index (Phi) is 5.36. The predicted molar refractivity (Wildman–Crippen MR) is 110 cm³/mol. The Hall–Kier alpha value is -3.12. The van der Waals surface area contributed by atoms with Crippen molar-refractivity contribution < 1.29 is 18.7 Å². The van der Waals surface area contributed by atoms with Gasteiger partial charge in [0.05, 0.1) is 7.11 Å². The molecule has 0 spiro atoms. The fourth-order valence-corrected chi connectivity index (χ4v) is 3.90. The normalized spacial score (nSPS) is 15.8. The number of carbonyl (C=O) groups excluding carboxylic acids is 1. The molecule has 0 bridgehead atoms. The van der Waals surface area contributed by atoms with Crippen molar-refractivity contribution in [2.45, 2.75) is 18.3 Å². The van der Waals surface area contributed by atoms with Gasteiger partial charge in [-0.1, -0.05) is 42.5 Å². The zero-order valence-corrected chi connectivity index (χ0v) is 16.3. The summed E-state index contributed by atoms with van der Waals surface area (Å²) in [7, 11) is 1.51. The smallest absolute Gasteiger partial charge is 0.349 e. The SMILES string of the molecule is COc1cccc2cc(C(=O)NCC3(c4ccccc4)CCOCC3)c(=O)oc12. The zero-order valence-electron chi connectivity index (χ0n) is 16.3. The molecule has 3 aromatic rings. The van der Waals surface area contributed by atoms with Gasteiger partial charge in [0, 0.05) is 30.6 Å². The molecule has 1 saturated heterocycles. The van der Waals surface area contributed by atoms with E-state index in [9.17, 15) is 9.59 Å². The second-order valence-corrected chi connectivity index (χ2v) is 7.27. The summed E-state index contributed by atoms with van der Waals surface area (Å²) in [5.41, 5.74) is 0.594. The summed E-state index contributed by atoms with van der Waals surface area (Å²) < 4.78 is 16.1. The summed E-state index contributed by atoms with van der Waals surface area (Å²) in [6.07, 6.45) is 1.61. The topological polar surface area (TPSA) is 77.8 Å². The second-order valence-electron chi connectivity index (χ2n) is 7.27. The Bertz CT molecular complexity index is 1070. The third-order valence-electron chi connectivity index (χ3n) is 5.61. The van der Waals surface area contributed by atoms with Crippen molar-refractivity contribution in [3.63, 3.8) is 0 Å². The average Bonchev–Trinajstić information content (AvgIpc) is 2.78. The number of benzene rings is 2. The van der Waals surface area contributed by atoms with Gasteiger partial charge in [-0.15, -0.1) is 0 Å². The molecule has 1 N–H and O–H groups in total. The number of rotatable bonds is 5. The molecule has 0 atom stereocenters. The van der Waals surface area contributed by atoms with Crippen LogP contribution < -0.4 is 15.7 Å². The first-order valence-electron chi connectivity index (χ1n) is 9.65. The van der Waals surface area contributed by atoms with Crippen LogP contribution in [0, 0.1) is 0 Å². The summed E-state index contributed by atoms with van der Waals surface area (Å²) >= 11 is 0. The quantitative estimate of drug-likeness (QED) is 0.673. The van der Waals surface area contributed by atoms with Gasteiger partial charge in [0.2, 0.25) is 0 Å². The van der Waals surface area contributed by atoms with Gasteiger partial charge >= 0.3 is 5.63 Å². The fourth-order valence-electron chi connectivity index (χ4n) is 3.90. The molecule has 6 heteroatoms. The van der Waals surface area contributed by atoms with Crippen LogP contribution in [0.25, 0.3) is 11.0 Å². The number of hydrogen-bond donors (Lipinski definition) is 1. The lowest BCUT2D eigenvalue weighted by molar-refractivity contribution is 0.0487. The van der Waals surface area contributed by atoms with E-state index < -0.39 is 11.5 Å². The molecule has 4 rings (SSSR count). The highest BCUT2D eigenvalue weighted by Crippen LogP contribution is 2.34. The van der Waals surface area contributed by atoms with Crippen molar-refractivity contribution in [3.8, 4) is 5.75 Å². The summed E-state index contributed by atoms with van der Waals surface area (Å²) in [5.74, 6) is 0.0158. The monoisotopic (exact) mass is 393 g/mol. The largest absolute Gasteiger partial charge is 0.493 e. The van der Waals surface area contributed by atoms with E-state index in [0.717, 1.165) is 12.8 Å². The summed E-state index contributed by atoms with van der Waals surface area (Å²) in [6.45, 7) is 1.71. The predicted octanol–water partition coefficient (Wildman–Crippen LogP) is 3.28. The molecule has 0 radical (unpaired) electrons. The van der Waals surface area contributed by atoms with Crippen molar-refractivity contribution in [1.82, 2.24) is 5.32 Å². The minimum absolute atomic E-state index is 0.0129. The van der Waals surface area contributed by atoms with E-state index in [2.05, 4.69) is 17.4 Å². The van der Waals surface area contributed by atoms with Gasteiger partial charge in [0.1, 0.15) is 5.56 Å². The van der Waals surface area contributed by atoms with E-state index in [1.165, 1.54) is 12.7 Å². The van der Waals surface area contributed by atoms with Gasteiger partial charge in [-0.25, -0.2) is 4.79 Å². The summed E-state index contributed by atoms with van der Waals surface area (Å²) in [5, 5.41) is 3.59. The Morgan fingerprint density at radius 2 is 1.86 bits per heavy atom. The molecular formula is C23H23NO5. The highest BCUT2D eigenvalue weighted by Gasteiger charge is 2.35. The molecular weight excluding hydrogens is 370 g/mol. The van der Waals surface area contributed by atoms with Crippen LogP contribution in [0.15, 0.2) is 63.8 Å². The molecule has 0 unspecified atom stereocenters. The van der Waals surface area contributed by atoms with E-state index in [1.807, 2.05) is 18.2 Å². The maximum atomic E-state index is 12.8. The second kappa shape index (κ2) is 8.09. The van der Waals surface area contributed by atoms with Gasteiger partial charge in [-0.05, 0) is 30.5 Å². The third-order valence-corrected chi connectivity index (χ3v) is 5.61. The standard InChI is InChI=1S/C23H23NO5/c1-27-19-9-5-6-16-14-18(22(26)29-20(16)19)21(25)24-15-23(10-12-28-13-11-23)17-7-3-2-4-8-17/h2-9,14H,10-13,15H2,1H3,(H,24,25). The molecule has 1 amide bonds. The molecule has 0 aliphatic carbocycles. The lowest BCUT2D eigenvalue weighted by Crippen LogP contribution is -2.45. The highest BCUT2D eigenvalue weighted by atomic mass is 16.5. The third kappa shape index (κ3) is 3.76. The maximum Gasteiger partial charge on any atom is 0.349 e. The van der Waals surface area contributed by atoms with Gasteiger partial charge < -0.3 is 19.2 Å². The molecule has 1 aliphatic rings. The van der Waals surface area contributed by atoms with Crippen molar-refractivity contribution in [1.29, 1.82) is 0 Å². The van der Waals surface area contributed by atoms with Gasteiger partial charge in [-0.3, -0.25) is 4.79 Å². The first-order valence-corrected chi connectivity index (χ1v) is 9.65. The van der Waals surface area contributed by atoms with E-state index in [-0.39, 0.29) is 11.0 Å². The van der Waals surface area contributed by atoms with E-state index in [4.69, 9.17) is 13.9 Å². The highest BCUT2D eigenvalue weighted by molar-refractivity contribution is 5.97. The average molecular weight is 393 g/mol. The molecule has 1 fully saturated rings. The number of ether oxygens (including phenoxy) is 2. The summed E-state index contributed by atoms with van der Waals surface area (Å²) in [4.78, 5) is 25.3. The molecule has 1 aromatic heterocycles. The first-order chi connectivity index (χ1) is 14.1. The molecule has 29 heavy (non-hydrogen) atoms. The number of amides is 1.